The number of nitrogens with zero attached hydrogens (tertiary/aromatic N) is 2. The van der Waals surface area contributed by atoms with Crippen LogP contribution < -0.4 is 4.90 Å². The van der Waals surface area contributed by atoms with E-state index in [1.54, 1.807) is 6.07 Å². The van der Waals surface area contributed by atoms with Crippen LogP contribution in [0, 0.1) is 0 Å². The third kappa shape index (κ3) is 4.86. The van der Waals surface area contributed by atoms with Crippen molar-refractivity contribution in [2.75, 3.05) is 45.4 Å². The zero-order valence-electron chi connectivity index (χ0n) is 14.9. The number of carbonyl (C=O) groups excluding carboxylic acids is 1. The van der Waals surface area contributed by atoms with Crippen molar-refractivity contribution < 1.29 is 41.1 Å². The third-order valence-corrected chi connectivity index (χ3v) is 4.78. The molecular weight excluding hydrogens is 411 g/mol. The molecule has 0 atom stereocenters. The van der Waals surface area contributed by atoms with Crippen LogP contribution in [-0.4, -0.2) is 64.3 Å². The number of ether oxygens (including phenoxy) is 2. The number of halogens is 5. The van der Waals surface area contributed by atoms with Crippen LogP contribution in [0.3, 0.4) is 0 Å². The minimum absolute atomic E-state index is 0.286. The average molecular weight is 428 g/mol. The molecule has 0 saturated heterocycles. The van der Waals surface area contributed by atoms with Crippen molar-refractivity contribution in [2.24, 2.45) is 5.16 Å². The first kappa shape index (κ1) is 22.2. The molecule has 1 aromatic rings. The first-order valence-corrected chi connectivity index (χ1v) is 8.72. The number of carbonyl (C=O) groups is 1. The van der Waals surface area contributed by atoms with Gasteiger partial charge in [0.1, 0.15) is 0 Å². The maximum absolute atomic E-state index is 13.6. The van der Waals surface area contributed by atoms with E-state index >= 15 is 0 Å². The average Bonchev–Trinajstić information content (AvgIpc) is 3.22. The molecule has 0 saturated carbocycles. The van der Waals surface area contributed by atoms with Crippen molar-refractivity contribution >= 4 is 34.1 Å². The third-order valence-electron chi connectivity index (χ3n) is 3.69. The van der Waals surface area contributed by atoms with Crippen LogP contribution in [0.15, 0.2) is 22.9 Å². The van der Waals surface area contributed by atoms with E-state index in [0.29, 0.717) is 31.3 Å². The second-order valence-electron chi connectivity index (χ2n) is 5.60. The molecule has 2 heterocycles. The number of anilines is 1. The van der Waals surface area contributed by atoms with Crippen LogP contribution in [-0.2, 0) is 19.1 Å². The predicted octanol–water partition coefficient (Wildman–Crippen LogP) is 3.34. The van der Waals surface area contributed by atoms with Gasteiger partial charge in [0.2, 0.25) is 0 Å². The number of thiophene rings is 1. The maximum atomic E-state index is 13.6. The maximum Gasteiger partial charge on any atom is 0.459 e. The summed E-state index contributed by atoms with van der Waals surface area (Å²) in [6.07, 6.45) is -5.00. The molecule has 1 aliphatic rings. The highest BCUT2D eigenvalue weighted by atomic mass is 32.1. The topological polar surface area (TPSA) is 60.4 Å². The highest BCUT2D eigenvalue weighted by Crippen LogP contribution is 2.41. The van der Waals surface area contributed by atoms with Crippen molar-refractivity contribution in [1.29, 1.82) is 0 Å². The summed E-state index contributed by atoms with van der Waals surface area (Å²) in [6.45, 7) is 1.85. The van der Waals surface area contributed by atoms with E-state index in [2.05, 4.69) is 9.99 Å². The van der Waals surface area contributed by atoms with Crippen LogP contribution in [0.4, 0.5) is 27.0 Å². The Kier molecular flexibility index (Phi) is 7.12. The van der Waals surface area contributed by atoms with Gasteiger partial charge in [-0.15, -0.1) is 11.3 Å². The van der Waals surface area contributed by atoms with Gasteiger partial charge in [0.15, 0.2) is 5.71 Å². The molecule has 1 aliphatic heterocycles. The molecule has 0 N–H and O–H groups in total. The van der Waals surface area contributed by atoms with Crippen molar-refractivity contribution in [3.05, 3.63) is 22.6 Å². The van der Waals surface area contributed by atoms with Gasteiger partial charge in [-0.1, -0.05) is 5.16 Å². The fraction of sp³-hybridized carbons (Fsp3) is 0.500. The van der Waals surface area contributed by atoms with Gasteiger partial charge in [0.05, 0.1) is 23.8 Å². The molecule has 2 rings (SSSR count). The standard InChI is InChI=1S/C16H17F5N2O4S/c1-25-7-5-23(6-8-26-2)12-4-3-10(28-12)9-11-13(22-27-14(11)24)15(17,18)16(19,20)21/h3-4,9H,5-8H2,1-2H3/b11-9-. The summed E-state index contributed by atoms with van der Waals surface area (Å²) in [5.74, 6) is -6.68. The zero-order valence-corrected chi connectivity index (χ0v) is 15.7. The lowest BCUT2D eigenvalue weighted by Gasteiger charge is -2.22. The first-order valence-electron chi connectivity index (χ1n) is 7.91. The Balaban J connectivity index is 2.29. The van der Waals surface area contributed by atoms with Gasteiger partial charge < -0.3 is 19.2 Å². The summed E-state index contributed by atoms with van der Waals surface area (Å²) < 4.78 is 75.1. The van der Waals surface area contributed by atoms with E-state index in [-0.39, 0.29) is 4.88 Å². The fourth-order valence-electron chi connectivity index (χ4n) is 2.24. The molecule has 0 fully saturated rings. The highest BCUT2D eigenvalue weighted by Gasteiger charge is 2.64. The summed E-state index contributed by atoms with van der Waals surface area (Å²) in [5.41, 5.74) is -2.69. The molecule has 0 aromatic carbocycles. The smallest absolute Gasteiger partial charge is 0.383 e. The monoisotopic (exact) mass is 428 g/mol. The van der Waals surface area contributed by atoms with Gasteiger partial charge in [-0.05, 0) is 18.2 Å². The van der Waals surface area contributed by atoms with Gasteiger partial charge in [0.25, 0.3) is 0 Å². The van der Waals surface area contributed by atoms with Crippen molar-refractivity contribution in [1.82, 2.24) is 0 Å². The molecular formula is C16H17F5N2O4S. The van der Waals surface area contributed by atoms with E-state index in [1.165, 1.54) is 20.3 Å². The number of hydrogen-bond donors (Lipinski definition) is 0. The van der Waals surface area contributed by atoms with Crippen molar-refractivity contribution in [3.8, 4) is 0 Å². The van der Waals surface area contributed by atoms with Crippen LogP contribution in [0.25, 0.3) is 6.08 Å². The molecule has 6 nitrogen and oxygen atoms in total. The normalized spacial score (nSPS) is 16.5. The molecule has 12 heteroatoms. The van der Waals surface area contributed by atoms with E-state index < -0.39 is 29.4 Å². The summed E-state index contributed by atoms with van der Waals surface area (Å²) in [7, 11) is 3.07. The SMILES string of the molecule is COCCN(CCOC)c1ccc(/C=C2\C(=O)ON=C2C(F)(F)C(F)(F)F)s1. The summed E-state index contributed by atoms with van der Waals surface area (Å²) >= 11 is 1.10. The van der Waals surface area contributed by atoms with Crippen molar-refractivity contribution in [2.45, 2.75) is 12.1 Å². The van der Waals surface area contributed by atoms with Gasteiger partial charge in [-0.2, -0.15) is 22.0 Å². The zero-order chi connectivity index (χ0) is 20.9. The molecule has 28 heavy (non-hydrogen) atoms. The number of rotatable bonds is 9. The Morgan fingerprint density at radius 3 is 2.29 bits per heavy atom. The van der Waals surface area contributed by atoms with E-state index in [9.17, 15) is 26.7 Å². The van der Waals surface area contributed by atoms with Gasteiger partial charge >= 0.3 is 18.1 Å². The molecule has 0 spiro atoms. The minimum atomic E-state index is -5.91. The van der Waals surface area contributed by atoms with Crippen molar-refractivity contribution in [3.63, 3.8) is 0 Å². The van der Waals surface area contributed by atoms with Gasteiger partial charge in [-0.25, -0.2) is 4.79 Å². The van der Waals surface area contributed by atoms with E-state index in [1.807, 2.05) is 4.90 Å². The summed E-state index contributed by atoms with van der Waals surface area (Å²) in [5, 5.41) is 3.35. The van der Waals surface area contributed by atoms with Crippen LogP contribution in [0.1, 0.15) is 4.88 Å². The Morgan fingerprint density at radius 1 is 1.14 bits per heavy atom. The van der Waals surface area contributed by atoms with Crippen LogP contribution >= 0.6 is 11.3 Å². The van der Waals surface area contributed by atoms with Crippen LogP contribution in [0.5, 0.6) is 0 Å². The molecule has 0 amide bonds. The molecule has 0 unspecified atom stereocenters. The number of oxime groups is 1. The summed E-state index contributed by atoms with van der Waals surface area (Å²) in [4.78, 5) is 17.9. The first-order chi connectivity index (χ1) is 13.1. The lowest BCUT2D eigenvalue weighted by atomic mass is 10.0. The van der Waals surface area contributed by atoms with E-state index in [0.717, 1.165) is 17.4 Å². The highest BCUT2D eigenvalue weighted by molar-refractivity contribution is 7.17. The Labute approximate surface area is 161 Å². The lowest BCUT2D eigenvalue weighted by molar-refractivity contribution is -0.249. The predicted molar refractivity (Wildman–Crippen MR) is 92.8 cm³/mol. The fourth-order valence-corrected chi connectivity index (χ4v) is 3.24. The summed E-state index contributed by atoms with van der Waals surface area (Å²) in [6, 6.07) is 3.15. The minimum Gasteiger partial charge on any atom is -0.383 e. The lowest BCUT2D eigenvalue weighted by Crippen LogP contribution is -2.44. The van der Waals surface area contributed by atoms with Gasteiger partial charge in [-0.3, -0.25) is 0 Å². The Hall–Kier alpha value is -2.05. The quantitative estimate of drug-likeness (QED) is 0.343. The number of methoxy groups -OCH3 is 2. The van der Waals surface area contributed by atoms with E-state index in [4.69, 9.17) is 9.47 Å². The molecule has 156 valence electrons. The number of alkyl halides is 5. The molecule has 0 bridgehead atoms. The largest absolute Gasteiger partial charge is 0.459 e. The van der Waals surface area contributed by atoms with Crippen LogP contribution in [0.2, 0.25) is 0 Å². The second-order valence-corrected chi connectivity index (χ2v) is 6.69. The van der Waals surface area contributed by atoms with Gasteiger partial charge in [0, 0.05) is 32.2 Å². The molecule has 0 aliphatic carbocycles. The number of hydrogen-bond acceptors (Lipinski definition) is 7. The second kappa shape index (κ2) is 8.97. The molecule has 1 aromatic heterocycles. The molecule has 0 radical (unpaired) electrons. The Morgan fingerprint density at radius 2 is 1.75 bits per heavy atom. The Bertz CT molecular complexity index is 752.